The van der Waals surface area contributed by atoms with Crippen LogP contribution in [0.15, 0.2) is 0 Å². The Labute approximate surface area is 103 Å². The molecule has 4 heteroatoms. The summed E-state index contributed by atoms with van der Waals surface area (Å²) in [6.07, 6.45) is 5.64. The standard InChI is InChI=1S/C13H22N4/c1-3-14-13-16-15-12(17(13)4-2)11-9-7-5-6-8-10(9)11/h9-11H,3-8H2,1-2H3,(H,14,16). The van der Waals surface area contributed by atoms with Crippen molar-refractivity contribution in [2.75, 3.05) is 11.9 Å². The van der Waals surface area contributed by atoms with E-state index in [1.165, 1.54) is 31.5 Å². The number of nitrogens with zero attached hydrogens (tertiary/aromatic N) is 3. The van der Waals surface area contributed by atoms with E-state index in [0.717, 1.165) is 30.9 Å². The molecule has 2 atom stereocenters. The number of hydrogen-bond donors (Lipinski definition) is 1. The molecule has 1 heterocycles. The summed E-state index contributed by atoms with van der Waals surface area (Å²) in [6, 6.07) is 0. The normalized spacial score (nSPS) is 31.1. The summed E-state index contributed by atoms with van der Waals surface area (Å²) in [5, 5.41) is 12.0. The van der Waals surface area contributed by atoms with Crippen molar-refractivity contribution < 1.29 is 0 Å². The summed E-state index contributed by atoms with van der Waals surface area (Å²) in [7, 11) is 0. The zero-order valence-corrected chi connectivity index (χ0v) is 10.8. The highest BCUT2D eigenvalue weighted by atomic mass is 15.4. The summed E-state index contributed by atoms with van der Waals surface area (Å²) in [5.74, 6) is 4.71. The molecular formula is C13H22N4. The minimum Gasteiger partial charge on any atom is -0.355 e. The molecule has 1 aromatic heterocycles. The predicted octanol–water partition coefficient (Wildman–Crippen LogP) is 2.63. The molecule has 2 unspecified atom stereocenters. The van der Waals surface area contributed by atoms with Crippen molar-refractivity contribution in [1.29, 1.82) is 0 Å². The first-order valence-corrected chi connectivity index (χ1v) is 7.03. The highest BCUT2D eigenvalue weighted by molar-refractivity contribution is 5.29. The van der Waals surface area contributed by atoms with Crippen molar-refractivity contribution in [1.82, 2.24) is 14.8 Å². The van der Waals surface area contributed by atoms with E-state index in [1.54, 1.807) is 0 Å². The summed E-state index contributed by atoms with van der Waals surface area (Å²) in [5.41, 5.74) is 0. The average Bonchev–Trinajstić information content (AvgIpc) is 2.95. The van der Waals surface area contributed by atoms with Gasteiger partial charge in [-0.3, -0.25) is 4.57 Å². The molecule has 0 spiro atoms. The molecule has 0 saturated heterocycles. The molecular weight excluding hydrogens is 212 g/mol. The molecule has 2 fully saturated rings. The Balaban J connectivity index is 1.83. The Hall–Kier alpha value is -1.06. The van der Waals surface area contributed by atoms with Crippen molar-refractivity contribution in [2.24, 2.45) is 11.8 Å². The van der Waals surface area contributed by atoms with Crippen molar-refractivity contribution in [2.45, 2.75) is 52.0 Å². The lowest BCUT2D eigenvalue weighted by Crippen LogP contribution is -2.08. The van der Waals surface area contributed by atoms with Crippen LogP contribution in [0.3, 0.4) is 0 Å². The topological polar surface area (TPSA) is 42.7 Å². The Morgan fingerprint density at radius 2 is 1.88 bits per heavy atom. The molecule has 2 saturated carbocycles. The van der Waals surface area contributed by atoms with Crippen LogP contribution in [0.1, 0.15) is 51.3 Å². The third-order valence-corrected chi connectivity index (χ3v) is 4.39. The van der Waals surface area contributed by atoms with Gasteiger partial charge in [0.05, 0.1) is 0 Å². The van der Waals surface area contributed by atoms with Gasteiger partial charge >= 0.3 is 0 Å². The van der Waals surface area contributed by atoms with Gasteiger partial charge in [-0.2, -0.15) is 0 Å². The smallest absolute Gasteiger partial charge is 0.224 e. The minimum atomic E-state index is 0.706. The van der Waals surface area contributed by atoms with Crippen molar-refractivity contribution >= 4 is 5.95 Å². The Morgan fingerprint density at radius 1 is 1.18 bits per heavy atom. The van der Waals surface area contributed by atoms with E-state index in [4.69, 9.17) is 0 Å². The lowest BCUT2D eigenvalue weighted by Gasteiger charge is -2.07. The van der Waals surface area contributed by atoms with E-state index in [0.29, 0.717) is 5.92 Å². The fourth-order valence-electron chi connectivity index (χ4n) is 3.54. The van der Waals surface area contributed by atoms with Crippen LogP contribution in [0.4, 0.5) is 5.95 Å². The first-order chi connectivity index (χ1) is 8.36. The highest BCUT2D eigenvalue weighted by Crippen LogP contribution is 2.60. The van der Waals surface area contributed by atoms with E-state index in [9.17, 15) is 0 Å². The quantitative estimate of drug-likeness (QED) is 0.871. The molecule has 3 rings (SSSR count). The maximum atomic E-state index is 4.44. The van der Waals surface area contributed by atoms with Gasteiger partial charge in [0.15, 0.2) is 0 Å². The van der Waals surface area contributed by atoms with Gasteiger partial charge in [-0.1, -0.05) is 12.8 Å². The molecule has 4 nitrogen and oxygen atoms in total. The van der Waals surface area contributed by atoms with Crippen LogP contribution in [-0.2, 0) is 6.54 Å². The van der Waals surface area contributed by atoms with E-state index >= 15 is 0 Å². The lowest BCUT2D eigenvalue weighted by molar-refractivity contribution is 0.480. The molecule has 0 bridgehead atoms. The SMILES string of the molecule is CCNc1nnc(C2C3CCCCC32)n1CC. The molecule has 0 aromatic carbocycles. The number of nitrogens with one attached hydrogen (secondary N) is 1. The van der Waals surface area contributed by atoms with Gasteiger partial charge in [0, 0.05) is 19.0 Å². The molecule has 0 amide bonds. The van der Waals surface area contributed by atoms with E-state index in [1.807, 2.05) is 0 Å². The third-order valence-electron chi connectivity index (χ3n) is 4.39. The van der Waals surface area contributed by atoms with Crippen LogP contribution < -0.4 is 5.32 Å². The maximum absolute atomic E-state index is 4.44. The van der Waals surface area contributed by atoms with Crippen LogP contribution in [0, 0.1) is 11.8 Å². The maximum Gasteiger partial charge on any atom is 0.224 e. The fraction of sp³-hybridized carbons (Fsp3) is 0.846. The van der Waals surface area contributed by atoms with Gasteiger partial charge in [-0.25, -0.2) is 0 Å². The zero-order valence-electron chi connectivity index (χ0n) is 10.8. The van der Waals surface area contributed by atoms with Gasteiger partial charge < -0.3 is 5.32 Å². The second kappa shape index (κ2) is 4.31. The van der Waals surface area contributed by atoms with Gasteiger partial charge in [0.25, 0.3) is 0 Å². The van der Waals surface area contributed by atoms with Crippen molar-refractivity contribution in [3.63, 3.8) is 0 Å². The Kier molecular flexibility index (Phi) is 2.81. The molecule has 0 aliphatic heterocycles. The second-order valence-corrected chi connectivity index (χ2v) is 5.29. The molecule has 2 aliphatic carbocycles. The minimum absolute atomic E-state index is 0.706. The summed E-state index contributed by atoms with van der Waals surface area (Å²) in [6.45, 7) is 6.17. The van der Waals surface area contributed by atoms with E-state index in [2.05, 4.69) is 33.9 Å². The largest absolute Gasteiger partial charge is 0.355 e. The molecule has 1 N–H and O–H groups in total. The number of hydrogen-bond acceptors (Lipinski definition) is 3. The molecule has 2 aliphatic rings. The second-order valence-electron chi connectivity index (χ2n) is 5.29. The Bertz CT molecular complexity index is 386. The van der Waals surface area contributed by atoms with Gasteiger partial charge in [-0.05, 0) is 38.5 Å². The van der Waals surface area contributed by atoms with Gasteiger partial charge in [0.1, 0.15) is 5.82 Å². The van der Waals surface area contributed by atoms with Gasteiger partial charge in [0.2, 0.25) is 5.95 Å². The van der Waals surface area contributed by atoms with Crippen molar-refractivity contribution in [3.8, 4) is 0 Å². The van der Waals surface area contributed by atoms with Crippen LogP contribution in [0.2, 0.25) is 0 Å². The zero-order chi connectivity index (χ0) is 11.8. The number of fused-ring (bicyclic) bond motifs is 1. The van der Waals surface area contributed by atoms with Crippen LogP contribution in [0.25, 0.3) is 0 Å². The van der Waals surface area contributed by atoms with Crippen molar-refractivity contribution in [3.05, 3.63) is 5.82 Å². The summed E-state index contributed by atoms with van der Waals surface area (Å²) in [4.78, 5) is 0. The van der Waals surface area contributed by atoms with Crippen LogP contribution in [-0.4, -0.2) is 21.3 Å². The third kappa shape index (κ3) is 1.74. The van der Waals surface area contributed by atoms with E-state index < -0.39 is 0 Å². The molecule has 94 valence electrons. The van der Waals surface area contributed by atoms with E-state index in [-0.39, 0.29) is 0 Å². The fourth-order valence-corrected chi connectivity index (χ4v) is 3.54. The summed E-state index contributed by atoms with van der Waals surface area (Å²) < 4.78 is 2.27. The molecule has 17 heavy (non-hydrogen) atoms. The number of anilines is 1. The monoisotopic (exact) mass is 234 g/mol. The summed E-state index contributed by atoms with van der Waals surface area (Å²) >= 11 is 0. The average molecular weight is 234 g/mol. The lowest BCUT2D eigenvalue weighted by atomic mass is 10.0. The number of rotatable bonds is 4. The Morgan fingerprint density at radius 3 is 2.47 bits per heavy atom. The number of aromatic nitrogens is 3. The first kappa shape index (κ1) is 11.1. The molecule has 0 radical (unpaired) electrons. The van der Waals surface area contributed by atoms with Crippen LogP contribution in [0.5, 0.6) is 0 Å². The van der Waals surface area contributed by atoms with Crippen LogP contribution >= 0.6 is 0 Å². The van der Waals surface area contributed by atoms with Gasteiger partial charge in [-0.15, -0.1) is 10.2 Å². The molecule has 1 aromatic rings. The predicted molar refractivity (Wildman–Crippen MR) is 68.0 cm³/mol. The first-order valence-electron chi connectivity index (χ1n) is 7.03. The highest BCUT2D eigenvalue weighted by Gasteiger charge is 2.53.